The highest BCUT2D eigenvalue weighted by atomic mass is 35.5. The van der Waals surface area contributed by atoms with Gasteiger partial charge in [-0.05, 0) is 62.2 Å². The van der Waals surface area contributed by atoms with E-state index in [4.69, 9.17) is 28.2 Å². The van der Waals surface area contributed by atoms with Gasteiger partial charge in [-0.25, -0.2) is 15.0 Å². The predicted octanol–water partition coefficient (Wildman–Crippen LogP) is 5.76. The van der Waals surface area contributed by atoms with Crippen molar-refractivity contribution in [1.82, 2.24) is 24.8 Å². The van der Waals surface area contributed by atoms with Crippen LogP contribution in [0.4, 0.5) is 5.82 Å². The van der Waals surface area contributed by atoms with Crippen LogP contribution in [0, 0.1) is 0 Å². The van der Waals surface area contributed by atoms with Crippen LogP contribution in [-0.2, 0) is 0 Å². The van der Waals surface area contributed by atoms with Gasteiger partial charge in [-0.15, -0.1) is 0 Å². The Morgan fingerprint density at radius 3 is 2.48 bits per heavy atom. The van der Waals surface area contributed by atoms with Gasteiger partial charge < -0.3 is 10.2 Å². The molecule has 1 aliphatic rings. The van der Waals surface area contributed by atoms with E-state index in [0.717, 1.165) is 73.0 Å². The van der Waals surface area contributed by atoms with Crippen molar-refractivity contribution in [2.75, 3.05) is 24.5 Å². The molecule has 170 valence electrons. The number of benzene rings is 2. The summed E-state index contributed by atoms with van der Waals surface area (Å²) < 4.78 is 2.04. The van der Waals surface area contributed by atoms with Gasteiger partial charge in [-0.2, -0.15) is 0 Å². The number of nitrogens with one attached hydrogen (secondary N) is 1. The van der Waals surface area contributed by atoms with Crippen LogP contribution >= 0.6 is 23.2 Å². The van der Waals surface area contributed by atoms with Crippen LogP contribution in [-0.4, -0.2) is 45.2 Å². The molecule has 0 unspecified atom stereocenters. The molecule has 1 saturated heterocycles. The highest BCUT2D eigenvalue weighted by molar-refractivity contribution is 6.33. The standard InChI is InChI=1S/C25H26Cl2N6/c1-2-13-28-18-11-14-32(15-12-18)24-22-25(30-16-29-24)33(19-9-7-17(26)8-10-19)23(31-22)20-5-3-4-6-21(20)27/h3-10,16,18,28H,2,11-15H2,1H3. The summed E-state index contributed by atoms with van der Waals surface area (Å²) in [6.07, 6.45) is 4.95. The van der Waals surface area contributed by atoms with E-state index in [2.05, 4.69) is 27.1 Å². The van der Waals surface area contributed by atoms with E-state index in [-0.39, 0.29) is 0 Å². The molecule has 2 aromatic heterocycles. The van der Waals surface area contributed by atoms with E-state index in [9.17, 15) is 0 Å². The fourth-order valence-electron chi connectivity index (χ4n) is 4.41. The molecule has 0 saturated carbocycles. The van der Waals surface area contributed by atoms with Gasteiger partial charge in [-0.1, -0.05) is 42.3 Å². The molecule has 0 aliphatic carbocycles. The number of fused-ring (bicyclic) bond motifs is 1. The summed E-state index contributed by atoms with van der Waals surface area (Å²) >= 11 is 12.7. The van der Waals surface area contributed by atoms with Gasteiger partial charge in [0.1, 0.15) is 12.2 Å². The van der Waals surface area contributed by atoms with Crippen molar-refractivity contribution in [2.45, 2.75) is 32.2 Å². The average molecular weight is 481 g/mol. The Hall–Kier alpha value is -2.67. The van der Waals surface area contributed by atoms with Gasteiger partial charge in [0.25, 0.3) is 0 Å². The van der Waals surface area contributed by atoms with Gasteiger partial charge in [0.15, 0.2) is 17.0 Å². The second-order valence-electron chi connectivity index (χ2n) is 8.31. The summed E-state index contributed by atoms with van der Waals surface area (Å²) in [5.74, 6) is 1.61. The number of halogens is 2. The maximum atomic E-state index is 6.59. The quantitative estimate of drug-likeness (QED) is 0.380. The number of aromatic nitrogens is 4. The zero-order chi connectivity index (χ0) is 22.8. The van der Waals surface area contributed by atoms with Crippen LogP contribution in [0.25, 0.3) is 28.2 Å². The van der Waals surface area contributed by atoms with E-state index in [0.29, 0.717) is 16.1 Å². The molecule has 0 spiro atoms. The van der Waals surface area contributed by atoms with E-state index < -0.39 is 0 Å². The Kier molecular flexibility index (Phi) is 6.49. The second-order valence-corrected chi connectivity index (χ2v) is 9.16. The van der Waals surface area contributed by atoms with Crippen molar-refractivity contribution in [2.24, 2.45) is 0 Å². The molecule has 1 N–H and O–H groups in total. The van der Waals surface area contributed by atoms with Crippen LogP contribution in [0.2, 0.25) is 10.0 Å². The van der Waals surface area contributed by atoms with Gasteiger partial charge >= 0.3 is 0 Å². The lowest BCUT2D eigenvalue weighted by atomic mass is 10.0. The molecule has 0 amide bonds. The van der Waals surface area contributed by atoms with Gasteiger partial charge in [0.05, 0.1) is 5.02 Å². The Morgan fingerprint density at radius 1 is 1.00 bits per heavy atom. The lowest BCUT2D eigenvalue weighted by Gasteiger charge is -2.33. The largest absolute Gasteiger partial charge is 0.355 e. The monoisotopic (exact) mass is 480 g/mol. The second kappa shape index (κ2) is 9.67. The van der Waals surface area contributed by atoms with Crippen molar-refractivity contribution < 1.29 is 0 Å². The third-order valence-corrected chi connectivity index (χ3v) is 6.68. The molecule has 2 aromatic carbocycles. The number of hydrogen-bond donors (Lipinski definition) is 1. The van der Waals surface area contributed by atoms with E-state index in [1.54, 1.807) is 6.33 Å². The minimum Gasteiger partial charge on any atom is -0.355 e. The van der Waals surface area contributed by atoms with Crippen LogP contribution in [0.1, 0.15) is 26.2 Å². The first-order valence-corrected chi connectivity index (χ1v) is 12.1. The predicted molar refractivity (Wildman–Crippen MR) is 136 cm³/mol. The topological polar surface area (TPSA) is 58.9 Å². The molecule has 33 heavy (non-hydrogen) atoms. The maximum absolute atomic E-state index is 6.59. The number of piperidine rings is 1. The summed E-state index contributed by atoms with van der Waals surface area (Å²) in [5.41, 5.74) is 3.30. The van der Waals surface area contributed by atoms with Crippen molar-refractivity contribution in [3.8, 4) is 17.1 Å². The zero-order valence-electron chi connectivity index (χ0n) is 18.5. The normalized spacial score (nSPS) is 14.8. The highest BCUT2D eigenvalue weighted by Gasteiger charge is 2.25. The Labute approximate surface area is 203 Å². The van der Waals surface area contributed by atoms with Crippen molar-refractivity contribution in [3.05, 3.63) is 64.9 Å². The van der Waals surface area contributed by atoms with Crippen LogP contribution < -0.4 is 10.2 Å². The third kappa shape index (κ3) is 4.43. The molecule has 0 radical (unpaired) electrons. The lowest BCUT2D eigenvalue weighted by Crippen LogP contribution is -2.43. The smallest absolute Gasteiger partial charge is 0.170 e. The van der Waals surface area contributed by atoms with E-state index in [1.807, 2.05) is 53.1 Å². The van der Waals surface area contributed by atoms with Gasteiger partial charge in [0, 0.05) is 35.4 Å². The molecular formula is C25H26Cl2N6. The Bertz CT molecular complexity index is 1250. The van der Waals surface area contributed by atoms with E-state index in [1.165, 1.54) is 0 Å². The maximum Gasteiger partial charge on any atom is 0.170 e. The number of anilines is 1. The lowest BCUT2D eigenvalue weighted by molar-refractivity contribution is 0.415. The molecule has 1 aliphatic heterocycles. The van der Waals surface area contributed by atoms with Crippen LogP contribution in [0.5, 0.6) is 0 Å². The fraction of sp³-hybridized carbons (Fsp3) is 0.320. The summed E-state index contributed by atoms with van der Waals surface area (Å²) in [7, 11) is 0. The van der Waals surface area contributed by atoms with Gasteiger partial charge in [0.2, 0.25) is 0 Å². The SMILES string of the molecule is CCCNC1CCN(c2ncnc3c2nc(-c2ccccc2Cl)n3-c2ccc(Cl)cc2)CC1. The minimum atomic E-state index is 0.559. The fourth-order valence-corrected chi connectivity index (χ4v) is 4.76. The molecular weight excluding hydrogens is 455 g/mol. The number of nitrogens with zero attached hydrogens (tertiary/aromatic N) is 5. The first kappa shape index (κ1) is 22.1. The molecule has 6 nitrogen and oxygen atoms in total. The van der Waals surface area contributed by atoms with Crippen molar-refractivity contribution in [3.63, 3.8) is 0 Å². The minimum absolute atomic E-state index is 0.559. The molecule has 4 aromatic rings. The summed E-state index contributed by atoms with van der Waals surface area (Å²) in [4.78, 5) is 16.7. The first-order chi connectivity index (χ1) is 16.2. The molecule has 1 fully saturated rings. The molecule has 3 heterocycles. The summed E-state index contributed by atoms with van der Waals surface area (Å²) in [6, 6.07) is 16.0. The average Bonchev–Trinajstić information content (AvgIpc) is 3.23. The summed E-state index contributed by atoms with van der Waals surface area (Å²) in [5, 5.41) is 4.96. The van der Waals surface area contributed by atoms with Crippen molar-refractivity contribution >= 4 is 40.2 Å². The number of hydrogen-bond acceptors (Lipinski definition) is 5. The molecule has 0 bridgehead atoms. The number of rotatable bonds is 6. The summed E-state index contributed by atoms with van der Waals surface area (Å²) in [6.45, 7) is 5.13. The Morgan fingerprint density at radius 2 is 1.76 bits per heavy atom. The van der Waals surface area contributed by atoms with Gasteiger partial charge in [-0.3, -0.25) is 4.57 Å². The van der Waals surface area contributed by atoms with Crippen LogP contribution in [0.3, 0.4) is 0 Å². The third-order valence-electron chi connectivity index (χ3n) is 6.10. The van der Waals surface area contributed by atoms with Crippen LogP contribution in [0.15, 0.2) is 54.9 Å². The van der Waals surface area contributed by atoms with E-state index >= 15 is 0 Å². The Balaban J connectivity index is 1.61. The molecule has 5 rings (SSSR count). The highest BCUT2D eigenvalue weighted by Crippen LogP contribution is 2.35. The molecule has 0 atom stereocenters. The molecule has 8 heteroatoms. The number of imidazole rings is 1. The van der Waals surface area contributed by atoms with Crippen molar-refractivity contribution in [1.29, 1.82) is 0 Å². The zero-order valence-corrected chi connectivity index (χ0v) is 20.0. The first-order valence-electron chi connectivity index (χ1n) is 11.4.